The van der Waals surface area contributed by atoms with Crippen molar-refractivity contribution in [3.63, 3.8) is 0 Å². The Morgan fingerprint density at radius 2 is 2.25 bits per heavy atom. The van der Waals surface area contributed by atoms with Gasteiger partial charge >= 0.3 is 0 Å². The first-order valence-electron chi connectivity index (χ1n) is 6.07. The first-order valence-corrected chi connectivity index (χ1v) is 6.48. The molecule has 0 aromatic heterocycles. The van der Waals surface area contributed by atoms with E-state index >= 15 is 0 Å². The summed E-state index contributed by atoms with van der Waals surface area (Å²) >= 11 is 4.68. The minimum Gasteiger partial charge on any atom is -0.493 e. The van der Waals surface area contributed by atoms with Gasteiger partial charge in [-0.2, -0.15) is 5.10 Å². The molecule has 0 saturated heterocycles. The second-order valence-corrected chi connectivity index (χ2v) is 4.70. The summed E-state index contributed by atoms with van der Waals surface area (Å²) in [5, 5.41) is 4.04. The van der Waals surface area contributed by atoms with E-state index in [1.165, 1.54) is 0 Å². The van der Waals surface area contributed by atoms with Crippen LogP contribution in [0, 0.1) is 0 Å². The third-order valence-electron chi connectivity index (χ3n) is 2.39. The molecule has 0 unspecified atom stereocenters. The van der Waals surface area contributed by atoms with E-state index < -0.39 is 0 Å². The summed E-state index contributed by atoms with van der Waals surface area (Å²) in [5.41, 5.74) is 8.60. The summed E-state index contributed by atoms with van der Waals surface area (Å²) in [6.45, 7) is 1.36. The molecule has 20 heavy (non-hydrogen) atoms. The standard InChI is InChI=1S/C13H20N4O2S/c1-17(2)7-8-19-12-10(9-15-16-13(14)20)5-4-6-11(12)18-3/h4-6,9H,7-8H2,1-3H3,(H3,14,16,20). The topological polar surface area (TPSA) is 72.1 Å². The van der Waals surface area contributed by atoms with Gasteiger partial charge in [0.25, 0.3) is 0 Å². The molecule has 0 aliphatic heterocycles. The lowest BCUT2D eigenvalue weighted by Gasteiger charge is -2.15. The summed E-state index contributed by atoms with van der Waals surface area (Å²) < 4.78 is 11.1. The molecule has 1 rings (SSSR count). The van der Waals surface area contributed by atoms with Gasteiger partial charge in [0.2, 0.25) is 0 Å². The van der Waals surface area contributed by atoms with Crippen LogP contribution >= 0.6 is 12.2 Å². The van der Waals surface area contributed by atoms with Gasteiger partial charge < -0.3 is 20.1 Å². The maximum atomic E-state index is 5.78. The largest absolute Gasteiger partial charge is 0.493 e. The molecule has 0 radical (unpaired) electrons. The third-order valence-corrected chi connectivity index (χ3v) is 2.48. The number of hydrazone groups is 1. The number of nitrogens with one attached hydrogen (secondary N) is 1. The lowest BCUT2D eigenvalue weighted by Crippen LogP contribution is -2.24. The average Bonchev–Trinajstić information content (AvgIpc) is 2.39. The molecule has 0 aliphatic carbocycles. The van der Waals surface area contributed by atoms with Crippen molar-refractivity contribution in [2.75, 3.05) is 34.4 Å². The van der Waals surface area contributed by atoms with Crippen LogP contribution in [0.4, 0.5) is 0 Å². The number of hydrogen-bond donors (Lipinski definition) is 2. The van der Waals surface area contributed by atoms with Crippen LogP contribution in [0.1, 0.15) is 5.56 Å². The molecule has 0 atom stereocenters. The van der Waals surface area contributed by atoms with E-state index in [0.29, 0.717) is 18.1 Å². The molecule has 110 valence electrons. The Labute approximate surface area is 124 Å². The molecule has 3 N–H and O–H groups in total. The van der Waals surface area contributed by atoms with Crippen LogP contribution in [0.15, 0.2) is 23.3 Å². The number of benzene rings is 1. The van der Waals surface area contributed by atoms with Gasteiger partial charge in [-0.3, -0.25) is 5.43 Å². The van der Waals surface area contributed by atoms with Crippen molar-refractivity contribution in [1.29, 1.82) is 0 Å². The van der Waals surface area contributed by atoms with Gasteiger partial charge in [-0.15, -0.1) is 0 Å². The van der Waals surface area contributed by atoms with E-state index in [2.05, 4.69) is 22.7 Å². The normalized spacial score (nSPS) is 10.8. The fourth-order valence-electron chi connectivity index (χ4n) is 1.45. The molecule has 1 aromatic rings. The van der Waals surface area contributed by atoms with Crippen LogP contribution in [0.3, 0.4) is 0 Å². The van der Waals surface area contributed by atoms with Gasteiger partial charge in [0, 0.05) is 12.1 Å². The van der Waals surface area contributed by atoms with Crippen LogP contribution in [-0.2, 0) is 0 Å². The second kappa shape index (κ2) is 8.34. The lowest BCUT2D eigenvalue weighted by atomic mass is 10.2. The van der Waals surface area contributed by atoms with Gasteiger partial charge in [0.1, 0.15) is 6.61 Å². The van der Waals surface area contributed by atoms with Crippen LogP contribution in [0.5, 0.6) is 11.5 Å². The highest BCUT2D eigenvalue weighted by atomic mass is 32.1. The molecule has 0 aliphatic rings. The number of para-hydroxylation sites is 1. The quantitative estimate of drug-likeness (QED) is 0.441. The first-order chi connectivity index (χ1) is 9.54. The van der Waals surface area contributed by atoms with Crippen molar-refractivity contribution in [3.05, 3.63) is 23.8 Å². The number of methoxy groups -OCH3 is 1. The fourth-order valence-corrected chi connectivity index (χ4v) is 1.50. The number of likely N-dealkylation sites (N-methyl/N-ethyl adjacent to an activating group) is 1. The third kappa shape index (κ3) is 5.41. The number of ether oxygens (including phenoxy) is 2. The smallest absolute Gasteiger partial charge is 0.184 e. The molecule has 7 heteroatoms. The van der Waals surface area contributed by atoms with Gasteiger partial charge in [-0.1, -0.05) is 6.07 Å². The summed E-state index contributed by atoms with van der Waals surface area (Å²) in [6.07, 6.45) is 1.59. The molecular weight excluding hydrogens is 276 g/mol. The predicted molar refractivity (Wildman–Crippen MR) is 84.6 cm³/mol. The van der Waals surface area contributed by atoms with E-state index in [1.807, 2.05) is 37.2 Å². The van der Waals surface area contributed by atoms with Crippen molar-refractivity contribution < 1.29 is 9.47 Å². The number of rotatable bonds is 7. The number of hydrogen-bond acceptors (Lipinski definition) is 5. The monoisotopic (exact) mass is 296 g/mol. The van der Waals surface area contributed by atoms with E-state index in [4.69, 9.17) is 15.2 Å². The molecule has 6 nitrogen and oxygen atoms in total. The van der Waals surface area contributed by atoms with Crippen molar-refractivity contribution in [3.8, 4) is 11.5 Å². The highest BCUT2D eigenvalue weighted by Gasteiger charge is 2.09. The SMILES string of the molecule is COc1cccc(C=NNC(N)=S)c1OCCN(C)C. The molecule has 0 heterocycles. The van der Waals surface area contributed by atoms with Crippen LogP contribution < -0.4 is 20.6 Å². The van der Waals surface area contributed by atoms with Crippen molar-refractivity contribution in [2.24, 2.45) is 10.8 Å². The Hall–Kier alpha value is -1.86. The zero-order chi connectivity index (χ0) is 15.0. The van der Waals surface area contributed by atoms with Crippen LogP contribution in [0.25, 0.3) is 0 Å². The second-order valence-electron chi connectivity index (χ2n) is 4.26. The number of nitrogens with zero attached hydrogens (tertiary/aromatic N) is 2. The van der Waals surface area contributed by atoms with Crippen LogP contribution in [-0.4, -0.2) is 50.6 Å². The zero-order valence-corrected chi connectivity index (χ0v) is 12.7. The van der Waals surface area contributed by atoms with Crippen molar-refractivity contribution >= 4 is 23.5 Å². The Morgan fingerprint density at radius 3 is 2.85 bits per heavy atom. The molecular formula is C13H20N4O2S. The Morgan fingerprint density at radius 1 is 1.50 bits per heavy atom. The summed E-state index contributed by atoms with van der Waals surface area (Å²) in [6, 6.07) is 5.57. The van der Waals surface area contributed by atoms with E-state index in [9.17, 15) is 0 Å². The fraction of sp³-hybridized carbons (Fsp3) is 0.385. The van der Waals surface area contributed by atoms with E-state index in [-0.39, 0.29) is 5.11 Å². The van der Waals surface area contributed by atoms with Crippen molar-refractivity contribution in [1.82, 2.24) is 10.3 Å². The van der Waals surface area contributed by atoms with Gasteiger partial charge in [0.05, 0.1) is 13.3 Å². The molecule has 0 fully saturated rings. The maximum absolute atomic E-state index is 5.78. The molecule has 0 spiro atoms. The minimum atomic E-state index is 0.110. The zero-order valence-electron chi connectivity index (χ0n) is 11.9. The highest BCUT2D eigenvalue weighted by Crippen LogP contribution is 2.29. The Kier molecular flexibility index (Phi) is 6.75. The van der Waals surface area contributed by atoms with Gasteiger partial charge in [0.15, 0.2) is 16.6 Å². The first kappa shape index (κ1) is 16.2. The predicted octanol–water partition coefficient (Wildman–Crippen LogP) is 0.803. The summed E-state index contributed by atoms with van der Waals surface area (Å²) in [5.74, 6) is 1.30. The minimum absolute atomic E-state index is 0.110. The molecule has 0 saturated carbocycles. The molecule has 0 amide bonds. The number of thiocarbonyl (C=S) groups is 1. The van der Waals surface area contributed by atoms with E-state index in [0.717, 1.165) is 12.1 Å². The van der Waals surface area contributed by atoms with Crippen LogP contribution in [0.2, 0.25) is 0 Å². The Bertz CT molecular complexity index is 477. The Balaban J connectivity index is 2.86. The molecule has 0 bridgehead atoms. The summed E-state index contributed by atoms with van der Waals surface area (Å²) in [7, 11) is 5.57. The lowest BCUT2D eigenvalue weighted by molar-refractivity contribution is 0.250. The average molecular weight is 296 g/mol. The van der Waals surface area contributed by atoms with Crippen molar-refractivity contribution in [2.45, 2.75) is 0 Å². The summed E-state index contributed by atoms with van der Waals surface area (Å²) in [4.78, 5) is 2.04. The van der Waals surface area contributed by atoms with Gasteiger partial charge in [-0.05, 0) is 38.4 Å². The molecule has 1 aromatic carbocycles. The van der Waals surface area contributed by atoms with Gasteiger partial charge in [-0.25, -0.2) is 0 Å². The number of nitrogens with two attached hydrogens (primary N) is 1. The highest BCUT2D eigenvalue weighted by molar-refractivity contribution is 7.80. The maximum Gasteiger partial charge on any atom is 0.184 e. The van der Waals surface area contributed by atoms with E-state index in [1.54, 1.807) is 13.3 Å².